The van der Waals surface area contributed by atoms with Gasteiger partial charge in [0.2, 0.25) is 0 Å². The maximum absolute atomic E-state index is 13.2. The number of rotatable bonds is 4. The highest BCUT2D eigenvalue weighted by Gasteiger charge is 2.49. The van der Waals surface area contributed by atoms with Gasteiger partial charge in [-0.05, 0) is 37.3 Å². The Morgan fingerprint density at radius 3 is 2.70 bits per heavy atom. The Hall–Kier alpha value is -2.31. The van der Waals surface area contributed by atoms with E-state index in [1.54, 1.807) is 6.92 Å². The second-order valence-corrected chi connectivity index (χ2v) is 7.03. The molecule has 2 aliphatic rings. The number of ether oxygens (including phenoxy) is 1. The molecule has 0 spiro atoms. The van der Waals surface area contributed by atoms with Crippen molar-refractivity contribution in [2.24, 2.45) is 17.8 Å². The first-order valence-corrected chi connectivity index (χ1v) is 9.02. The SMILES string of the molecule is CCOC(=O)C1=C(O)[C@H]2CCC[C@H]2[C@H](C=O)[C@H]1c1cccc(C(F)(F)F)c1. The Morgan fingerprint density at radius 2 is 2.07 bits per heavy atom. The number of aliphatic hydroxyl groups is 1. The van der Waals surface area contributed by atoms with Crippen LogP contribution in [0.25, 0.3) is 0 Å². The molecule has 4 atom stereocenters. The summed E-state index contributed by atoms with van der Waals surface area (Å²) in [5.41, 5.74) is -0.765. The molecule has 0 saturated heterocycles. The number of carbonyl (C=O) groups is 2. The molecule has 4 nitrogen and oxygen atoms in total. The minimum Gasteiger partial charge on any atom is -0.511 e. The number of aliphatic hydroxyl groups excluding tert-OH is 1. The van der Waals surface area contributed by atoms with Gasteiger partial charge < -0.3 is 14.6 Å². The van der Waals surface area contributed by atoms with Gasteiger partial charge in [0.05, 0.1) is 17.7 Å². The van der Waals surface area contributed by atoms with Gasteiger partial charge >= 0.3 is 12.1 Å². The molecule has 146 valence electrons. The fourth-order valence-corrected chi connectivity index (χ4v) is 4.50. The predicted octanol–water partition coefficient (Wildman–Crippen LogP) is 4.41. The van der Waals surface area contributed by atoms with Crippen molar-refractivity contribution in [3.63, 3.8) is 0 Å². The first-order valence-electron chi connectivity index (χ1n) is 9.02. The number of benzene rings is 1. The maximum Gasteiger partial charge on any atom is 0.416 e. The molecule has 0 bridgehead atoms. The summed E-state index contributed by atoms with van der Waals surface area (Å²) in [6, 6.07) is 4.59. The number of allylic oxidation sites excluding steroid dienone is 1. The van der Waals surface area contributed by atoms with Crippen molar-refractivity contribution in [3.05, 3.63) is 46.7 Å². The lowest BCUT2D eigenvalue weighted by atomic mass is 9.65. The van der Waals surface area contributed by atoms with Crippen LogP contribution < -0.4 is 0 Å². The van der Waals surface area contributed by atoms with E-state index in [1.165, 1.54) is 12.1 Å². The van der Waals surface area contributed by atoms with Gasteiger partial charge in [0, 0.05) is 17.8 Å². The smallest absolute Gasteiger partial charge is 0.416 e. The van der Waals surface area contributed by atoms with E-state index in [2.05, 4.69) is 0 Å². The van der Waals surface area contributed by atoms with Crippen LogP contribution in [0.1, 0.15) is 43.2 Å². The number of aldehydes is 1. The van der Waals surface area contributed by atoms with E-state index in [0.717, 1.165) is 18.6 Å². The van der Waals surface area contributed by atoms with Crippen molar-refractivity contribution in [1.29, 1.82) is 0 Å². The molecule has 1 fully saturated rings. The summed E-state index contributed by atoms with van der Waals surface area (Å²) < 4.78 is 44.5. The zero-order valence-corrected chi connectivity index (χ0v) is 14.8. The molecule has 0 aromatic heterocycles. The average molecular weight is 382 g/mol. The summed E-state index contributed by atoms with van der Waals surface area (Å²) in [7, 11) is 0. The molecule has 1 aromatic carbocycles. The highest BCUT2D eigenvalue weighted by molar-refractivity contribution is 5.92. The van der Waals surface area contributed by atoms with Gasteiger partial charge in [0.25, 0.3) is 0 Å². The van der Waals surface area contributed by atoms with E-state index in [4.69, 9.17) is 4.74 Å². The molecule has 0 unspecified atom stereocenters. The standard InChI is InChI=1S/C20H21F3O4/c1-2-27-19(26)17-16(11-5-3-6-12(9-11)20(21,22)23)15(10-24)13-7-4-8-14(13)18(17)25/h3,5-6,9-10,13-16,25H,2,4,7-8H2,1H3/t13-,14+,15+,16-/m1/s1. The summed E-state index contributed by atoms with van der Waals surface area (Å²) in [5.74, 6) is -3.09. The van der Waals surface area contributed by atoms with Crippen molar-refractivity contribution in [2.75, 3.05) is 6.61 Å². The third-order valence-corrected chi connectivity index (χ3v) is 5.61. The summed E-state index contributed by atoms with van der Waals surface area (Å²) >= 11 is 0. The van der Waals surface area contributed by atoms with Crippen LogP contribution in [-0.4, -0.2) is 24.0 Å². The Balaban J connectivity index is 2.16. The lowest BCUT2D eigenvalue weighted by Crippen LogP contribution is -2.37. The average Bonchev–Trinajstić information content (AvgIpc) is 3.11. The van der Waals surface area contributed by atoms with Crippen molar-refractivity contribution in [1.82, 2.24) is 0 Å². The highest BCUT2D eigenvalue weighted by Crippen LogP contribution is 2.53. The molecule has 2 aliphatic carbocycles. The van der Waals surface area contributed by atoms with Crippen molar-refractivity contribution in [3.8, 4) is 0 Å². The molecular formula is C20H21F3O4. The zero-order valence-electron chi connectivity index (χ0n) is 14.8. The normalized spacial score (nSPS) is 28.0. The van der Waals surface area contributed by atoms with Crippen LogP contribution in [0.3, 0.4) is 0 Å². The molecule has 0 radical (unpaired) electrons. The van der Waals surface area contributed by atoms with Crippen LogP contribution in [0.15, 0.2) is 35.6 Å². The number of hydrogen-bond acceptors (Lipinski definition) is 4. The van der Waals surface area contributed by atoms with E-state index in [0.29, 0.717) is 19.1 Å². The Kier molecular flexibility index (Phi) is 5.31. The number of fused-ring (bicyclic) bond motifs is 1. The second-order valence-electron chi connectivity index (χ2n) is 7.03. The third kappa shape index (κ3) is 3.47. The van der Waals surface area contributed by atoms with Gasteiger partial charge in [0.1, 0.15) is 12.0 Å². The zero-order chi connectivity index (χ0) is 19.8. The fraction of sp³-hybridized carbons (Fsp3) is 0.500. The molecule has 1 saturated carbocycles. The monoisotopic (exact) mass is 382 g/mol. The summed E-state index contributed by atoms with van der Waals surface area (Å²) in [6.45, 7) is 1.66. The van der Waals surface area contributed by atoms with Crippen molar-refractivity contribution >= 4 is 12.3 Å². The van der Waals surface area contributed by atoms with E-state index in [-0.39, 0.29) is 35.3 Å². The van der Waals surface area contributed by atoms with Crippen LogP contribution in [0, 0.1) is 17.8 Å². The third-order valence-electron chi connectivity index (χ3n) is 5.61. The molecule has 7 heteroatoms. The van der Waals surface area contributed by atoms with E-state index < -0.39 is 29.5 Å². The van der Waals surface area contributed by atoms with Crippen molar-refractivity contribution in [2.45, 2.75) is 38.3 Å². The first kappa shape index (κ1) is 19.5. The molecule has 0 amide bonds. The van der Waals surface area contributed by atoms with E-state index >= 15 is 0 Å². The van der Waals surface area contributed by atoms with Crippen LogP contribution in [0.4, 0.5) is 13.2 Å². The lowest BCUT2D eigenvalue weighted by molar-refractivity contribution is -0.139. The maximum atomic E-state index is 13.2. The van der Waals surface area contributed by atoms with Crippen molar-refractivity contribution < 1.29 is 32.6 Å². The van der Waals surface area contributed by atoms with Crippen LogP contribution in [-0.2, 0) is 20.5 Å². The molecule has 3 rings (SSSR count). The van der Waals surface area contributed by atoms with Gasteiger partial charge in [0.15, 0.2) is 0 Å². The Bertz CT molecular complexity index is 769. The summed E-state index contributed by atoms with van der Waals surface area (Å²) in [5, 5.41) is 10.8. The van der Waals surface area contributed by atoms with Crippen LogP contribution in [0.5, 0.6) is 0 Å². The van der Waals surface area contributed by atoms with Gasteiger partial charge in [-0.2, -0.15) is 13.2 Å². The predicted molar refractivity (Wildman–Crippen MR) is 90.9 cm³/mol. The van der Waals surface area contributed by atoms with E-state index in [9.17, 15) is 27.9 Å². The molecule has 1 N–H and O–H groups in total. The molecular weight excluding hydrogens is 361 g/mol. The first-order chi connectivity index (χ1) is 12.8. The molecule has 1 aromatic rings. The minimum absolute atomic E-state index is 0.0603. The second kappa shape index (κ2) is 7.37. The molecule has 0 aliphatic heterocycles. The highest BCUT2D eigenvalue weighted by atomic mass is 19.4. The molecule has 0 heterocycles. The topological polar surface area (TPSA) is 63.6 Å². The summed E-state index contributed by atoms with van der Waals surface area (Å²) in [4.78, 5) is 24.5. The number of carbonyl (C=O) groups excluding carboxylic acids is 2. The Morgan fingerprint density at radius 1 is 1.33 bits per heavy atom. The number of esters is 1. The largest absolute Gasteiger partial charge is 0.511 e. The van der Waals surface area contributed by atoms with Gasteiger partial charge in [-0.1, -0.05) is 24.6 Å². The fourth-order valence-electron chi connectivity index (χ4n) is 4.50. The van der Waals surface area contributed by atoms with E-state index in [1.807, 2.05) is 0 Å². The van der Waals surface area contributed by atoms with Crippen LogP contribution in [0.2, 0.25) is 0 Å². The van der Waals surface area contributed by atoms with Gasteiger partial charge in [-0.25, -0.2) is 4.79 Å². The summed E-state index contributed by atoms with van der Waals surface area (Å²) in [6.07, 6.45) is -1.73. The number of alkyl halides is 3. The van der Waals surface area contributed by atoms with Crippen LogP contribution >= 0.6 is 0 Å². The van der Waals surface area contributed by atoms with Gasteiger partial charge in [-0.3, -0.25) is 0 Å². The number of halogens is 3. The quantitative estimate of drug-likeness (QED) is 0.619. The van der Waals surface area contributed by atoms with Gasteiger partial charge in [-0.15, -0.1) is 0 Å². The Labute approximate surface area is 155 Å². The lowest BCUT2D eigenvalue weighted by Gasteiger charge is -2.38. The number of hydrogen-bond donors (Lipinski definition) is 1. The minimum atomic E-state index is -4.55. The molecule has 27 heavy (non-hydrogen) atoms.